The lowest BCUT2D eigenvalue weighted by atomic mass is 9.88. The molecule has 4 heterocycles. The molecule has 3 aromatic rings. The summed E-state index contributed by atoms with van der Waals surface area (Å²) in [6, 6.07) is 4.64. The van der Waals surface area contributed by atoms with Crippen LogP contribution in [0.4, 0.5) is 16.0 Å². The Hall–Kier alpha value is -3.86. The summed E-state index contributed by atoms with van der Waals surface area (Å²) < 4.78 is 59.2. The molecule has 2 saturated heterocycles. The Morgan fingerprint density at radius 3 is 2.43 bits per heavy atom. The number of hydrogen-bond acceptors (Lipinski definition) is 12. The highest BCUT2D eigenvalue weighted by Gasteiger charge is 2.32. The highest BCUT2D eigenvalue weighted by molar-refractivity contribution is 7.92. The van der Waals surface area contributed by atoms with Crippen LogP contribution in [0.5, 0.6) is 11.6 Å². The number of likely N-dealkylation sites (tertiary alicyclic amines) is 1. The Kier molecular flexibility index (Phi) is 9.91. The van der Waals surface area contributed by atoms with Gasteiger partial charge in [0.2, 0.25) is 27.8 Å². The molecule has 1 aliphatic carbocycles. The SMILES string of the molecule is COc1ncc(-c2nc(N3CCOCC3)nc3c(OC4CCC(N5CCC(C(=O)NO)CC5)CC4)cc(F)cc23)cc1NS(C)(=O)=O. The van der Waals surface area contributed by atoms with Crippen LogP contribution in [-0.2, 0) is 19.6 Å². The number of benzene rings is 1. The van der Waals surface area contributed by atoms with Crippen LogP contribution in [0, 0.1) is 11.7 Å². The van der Waals surface area contributed by atoms with Crippen LogP contribution in [0.15, 0.2) is 24.4 Å². The topological polar surface area (TPSA) is 168 Å². The number of nitrogens with zero attached hydrogens (tertiary/aromatic N) is 5. The minimum atomic E-state index is -3.66. The van der Waals surface area contributed by atoms with E-state index >= 15 is 4.39 Å². The Bertz CT molecular complexity index is 1710. The van der Waals surface area contributed by atoms with E-state index in [1.54, 1.807) is 11.5 Å². The molecule has 0 radical (unpaired) electrons. The lowest BCUT2D eigenvalue weighted by Gasteiger charge is -2.40. The molecular formula is C31H40FN7O7S. The van der Waals surface area contributed by atoms with Crippen LogP contribution >= 0.6 is 0 Å². The van der Waals surface area contributed by atoms with Gasteiger partial charge in [-0.2, -0.15) is 0 Å². The normalized spacial score (nSPS) is 21.4. The number of fused-ring (bicyclic) bond motifs is 1. The molecular weight excluding hydrogens is 633 g/mol. The van der Waals surface area contributed by atoms with Crippen molar-refractivity contribution in [3.05, 3.63) is 30.2 Å². The summed E-state index contributed by atoms with van der Waals surface area (Å²) in [6.07, 6.45) is 7.17. The number of morpholine rings is 1. The second kappa shape index (κ2) is 14.1. The number of methoxy groups -OCH3 is 1. The first-order chi connectivity index (χ1) is 22.6. The van der Waals surface area contributed by atoms with Gasteiger partial charge >= 0.3 is 0 Å². The van der Waals surface area contributed by atoms with Gasteiger partial charge < -0.3 is 24.0 Å². The van der Waals surface area contributed by atoms with Crippen LogP contribution in [0.25, 0.3) is 22.2 Å². The summed E-state index contributed by atoms with van der Waals surface area (Å²) in [7, 11) is -2.27. The van der Waals surface area contributed by atoms with E-state index < -0.39 is 15.8 Å². The minimum absolute atomic E-state index is 0.0803. The Balaban J connectivity index is 1.29. The van der Waals surface area contributed by atoms with Gasteiger partial charge in [0.05, 0.1) is 38.4 Å². The van der Waals surface area contributed by atoms with Gasteiger partial charge in [-0.05, 0) is 63.7 Å². The van der Waals surface area contributed by atoms with Crippen LogP contribution in [0.2, 0.25) is 0 Å². The maximum Gasteiger partial charge on any atom is 0.246 e. The third-order valence-electron chi connectivity index (χ3n) is 9.09. The van der Waals surface area contributed by atoms with E-state index in [-0.39, 0.29) is 29.5 Å². The minimum Gasteiger partial charge on any atom is -0.488 e. The summed E-state index contributed by atoms with van der Waals surface area (Å²) in [6.45, 7) is 3.74. The zero-order valence-corrected chi connectivity index (χ0v) is 27.3. The highest BCUT2D eigenvalue weighted by Crippen LogP contribution is 2.38. The molecule has 2 aromatic heterocycles. The average molecular weight is 674 g/mol. The van der Waals surface area contributed by atoms with Crippen molar-refractivity contribution in [2.75, 3.05) is 62.4 Å². The van der Waals surface area contributed by atoms with E-state index in [0.29, 0.717) is 79.0 Å². The lowest BCUT2D eigenvalue weighted by molar-refractivity contribution is -0.135. The Morgan fingerprint density at radius 1 is 1.04 bits per heavy atom. The van der Waals surface area contributed by atoms with E-state index in [4.69, 9.17) is 29.4 Å². The fourth-order valence-electron chi connectivity index (χ4n) is 6.71. The fourth-order valence-corrected chi connectivity index (χ4v) is 7.26. The van der Waals surface area contributed by atoms with Gasteiger partial charge in [0.15, 0.2) is 0 Å². The van der Waals surface area contributed by atoms with Crippen molar-refractivity contribution >= 4 is 38.5 Å². The summed E-state index contributed by atoms with van der Waals surface area (Å²) >= 11 is 0. The van der Waals surface area contributed by atoms with Crippen LogP contribution in [0.3, 0.4) is 0 Å². The molecule has 14 nitrogen and oxygen atoms in total. The average Bonchev–Trinajstić information content (AvgIpc) is 3.07. The van der Waals surface area contributed by atoms with Gasteiger partial charge in [0.1, 0.15) is 22.8 Å². The molecule has 0 spiro atoms. The Labute approximate surface area is 272 Å². The summed E-state index contributed by atoms with van der Waals surface area (Å²) in [5.41, 5.74) is 3.15. The standard InChI is InChI=1S/C31H40FN7O7S/c1-44-30-25(37-47(2,42)43)15-20(18-33-30)27-24-16-21(32)17-26(28(24)35-31(34-27)39-11-13-45-14-12-39)46-23-5-3-22(4-6-23)38-9-7-19(8-10-38)29(40)36-41/h15-19,22-23,37,41H,3-14H2,1-2H3,(H,36,40). The van der Waals surface area contributed by atoms with E-state index in [2.05, 4.69) is 14.6 Å². The van der Waals surface area contributed by atoms with Crippen molar-refractivity contribution in [1.29, 1.82) is 0 Å². The number of hydroxylamine groups is 1. The molecule has 0 atom stereocenters. The number of hydrogen-bond donors (Lipinski definition) is 3. The number of ether oxygens (including phenoxy) is 3. The maximum atomic E-state index is 15.3. The lowest BCUT2D eigenvalue weighted by Crippen LogP contribution is -2.46. The van der Waals surface area contributed by atoms with Crippen molar-refractivity contribution in [3.63, 3.8) is 0 Å². The number of nitrogens with one attached hydrogen (secondary N) is 2. The first-order valence-electron chi connectivity index (χ1n) is 15.8. The highest BCUT2D eigenvalue weighted by atomic mass is 32.2. The Morgan fingerprint density at radius 2 is 1.77 bits per heavy atom. The molecule has 47 heavy (non-hydrogen) atoms. The molecule has 2 aliphatic heterocycles. The molecule has 3 fully saturated rings. The summed E-state index contributed by atoms with van der Waals surface area (Å²) in [5.74, 6) is -0.187. The molecule has 1 amide bonds. The molecule has 6 rings (SSSR count). The van der Waals surface area contributed by atoms with Crippen LogP contribution in [-0.4, -0.2) is 104 Å². The van der Waals surface area contributed by atoms with Gasteiger partial charge in [0.25, 0.3) is 0 Å². The van der Waals surface area contributed by atoms with Crippen LogP contribution in [0.1, 0.15) is 38.5 Å². The summed E-state index contributed by atoms with van der Waals surface area (Å²) in [5, 5.41) is 9.36. The number of sulfonamides is 1. The number of halogens is 1. The van der Waals surface area contributed by atoms with E-state index in [0.717, 1.165) is 45.0 Å². The number of rotatable bonds is 9. The second-order valence-electron chi connectivity index (χ2n) is 12.3. The zero-order valence-electron chi connectivity index (χ0n) is 26.4. The zero-order chi connectivity index (χ0) is 33.1. The van der Waals surface area contributed by atoms with E-state index in [9.17, 15) is 13.2 Å². The molecule has 3 N–H and O–H groups in total. The molecule has 254 valence electrons. The third kappa shape index (κ3) is 7.66. The van der Waals surface area contributed by atoms with Gasteiger partial charge in [-0.15, -0.1) is 0 Å². The number of amides is 1. The molecule has 1 saturated carbocycles. The monoisotopic (exact) mass is 673 g/mol. The number of carbonyl (C=O) groups is 1. The van der Waals surface area contributed by atoms with Gasteiger partial charge in [0, 0.05) is 48.3 Å². The van der Waals surface area contributed by atoms with Crippen molar-refractivity contribution in [3.8, 4) is 22.9 Å². The smallest absolute Gasteiger partial charge is 0.246 e. The molecule has 0 unspecified atom stereocenters. The number of aromatic nitrogens is 3. The maximum absolute atomic E-state index is 15.3. The summed E-state index contributed by atoms with van der Waals surface area (Å²) in [4.78, 5) is 30.2. The van der Waals surface area contributed by atoms with Gasteiger partial charge in [-0.1, -0.05) is 0 Å². The number of carbonyl (C=O) groups excluding carboxylic acids is 1. The first-order valence-corrected chi connectivity index (χ1v) is 17.7. The van der Waals surface area contributed by atoms with Crippen molar-refractivity contribution in [2.24, 2.45) is 5.92 Å². The molecule has 1 aromatic carbocycles. The predicted octanol–water partition coefficient (Wildman–Crippen LogP) is 2.96. The van der Waals surface area contributed by atoms with E-state index in [1.807, 2.05) is 4.90 Å². The van der Waals surface area contributed by atoms with E-state index in [1.165, 1.54) is 25.4 Å². The predicted molar refractivity (Wildman–Crippen MR) is 172 cm³/mol. The number of piperidine rings is 1. The number of pyridine rings is 1. The fraction of sp³-hybridized carbons (Fsp3) is 0.548. The van der Waals surface area contributed by atoms with Crippen LogP contribution < -0.4 is 24.6 Å². The van der Waals surface area contributed by atoms with Crippen molar-refractivity contribution < 1.29 is 37.0 Å². The second-order valence-corrected chi connectivity index (χ2v) is 14.0. The first kappa shape index (κ1) is 33.1. The quantitative estimate of drug-likeness (QED) is 0.225. The van der Waals surface area contributed by atoms with Gasteiger partial charge in [-0.3, -0.25) is 14.7 Å². The molecule has 3 aliphatic rings. The molecule has 16 heteroatoms. The van der Waals surface area contributed by atoms with Gasteiger partial charge in [-0.25, -0.2) is 33.2 Å². The van der Waals surface area contributed by atoms with Crippen molar-refractivity contribution in [2.45, 2.75) is 50.7 Å². The molecule has 0 bridgehead atoms. The largest absolute Gasteiger partial charge is 0.488 e. The van der Waals surface area contributed by atoms with Crippen molar-refractivity contribution in [1.82, 2.24) is 25.3 Å². The third-order valence-corrected chi connectivity index (χ3v) is 9.68. The number of anilines is 2.